The molecule has 0 unspecified atom stereocenters. The van der Waals surface area contributed by atoms with Crippen molar-refractivity contribution in [1.29, 1.82) is 0 Å². The Labute approximate surface area is 103 Å². The molecule has 0 radical (unpaired) electrons. The van der Waals surface area contributed by atoms with Gasteiger partial charge in [-0.25, -0.2) is 9.48 Å². The van der Waals surface area contributed by atoms with Crippen LogP contribution in [0.3, 0.4) is 0 Å². The lowest BCUT2D eigenvalue weighted by molar-refractivity contribution is 0.617. The van der Waals surface area contributed by atoms with Crippen LogP contribution in [0.15, 0.2) is 59.7 Å². The van der Waals surface area contributed by atoms with Crippen LogP contribution in [0.2, 0.25) is 0 Å². The SMILES string of the molecule is Cn1nc(-c2ccccc2)n(-n2cccc2)c1=O. The van der Waals surface area contributed by atoms with Crippen LogP contribution in [0.25, 0.3) is 11.4 Å². The van der Waals surface area contributed by atoms with Crippen LogP contribution < -0.4 is 5.69 Å². The van der Waals surface area contributed by atoms with Crippen molar-refractivity contribution in [3.8, 4) is 11.4 Å². The molecule has 90 valence electrons. The predicted molar refractivity (Wildman–Crippen MR) is 68.1 cm³/mol. The van der Waals surface area contributed by atoms with Gasteiger partial charge in [-0.15, -0.1) is 5.10 Å². The average molecular weight is 240 g/mol. The Morgan fingerprint density at radius 1 is 1.00 bits per heavy atom. The lowest BCUT2D eigenvalue weighted by Gasteiger charge is -2.05. The zero-order valence-corrected chi connectivity index (χ0v) is 9.89. The zero-order valence-electron chi connectivity index (χ0n) is 9.89. The van der Waals surface area contributed by atoms with Gasteiger partial charge in [0.25, 0.3) is 0 Å². The highest BCUT2D eigenvalue weighted by molar-refractivity contribution is 5.54. The first kappa shape index (κ1) is 10.6. The van der Waals surface area contributed by atoms with Gasteiger partial charge in [-0.05, 0) is 12.1 Å². The monoisotopic (exact) mass is 240 g/mol. The van der Waals surface area contributed by atoms with E-state index in [1.807, 2.05) is 54.9 Å². The molecule has 0 amide bonds. The van der Waals surface area contributed by atoms with Crippen LogP contribution in [-0.4, -0.2) is 19.1 Å². The minimum absolute atomic E-state index is 0.176. The topological polar surface area (TPSA) is 44.8 Å². The average Bonchev–Trinajstić information content (AvgIpc) is 3.00. The van der Waals surface area contributed by atoms with Gasteiger partial charge in [0.2, 0.25) is 0 Å². The van der Waals surface area contributed by atoms with Gasteiger partial charge in [0.15, 0.2) is 5.82 Å². The molecule has 0 atom stereocenters. The summed E-state index contributed by atoms with van der Waals surface area (Å²) in [5, 5.41) is 4.28. The van der Waals surface area contributed by atoms with Crippen LogP contribution in [0, 0.1) is 0 Å². The molecule has 2 heterocycles. The molecule has 0 aliphatic rings. The van der Waals surface area contributed by atoms with E-state index >= 15 is 0 Å². The van der Waals surface area contributed by atoms with Gasteiger partial charge >= 0.3 is 5.69 Å². The third-order valence-electron chi connectivity index (χ3n) is 2.76. The number of aryl methyl sites for hydroxylation is 1. The Bertz CT molecular complexity index is 707. The third kappa shape index (κ3) is 1.57. The van der Waals surface area contributed by atoms with Gasteiger partial charge in [-0.3, -0.25) is 4.68 Å². The second-order valence-electron chi connectivity index (χ2n) is 3.97. The molecule has 5 heteroatoms. The zero-order chi connectivity index (χ0) is 12.5. The van der Waals surface area contributed by atoms with Crippen molar-refractivity contribution in [2.75, 3.05) is 0 Å². The standard InChI is InChI=1S/C13H12N4O/c1-15-13(18)17(16-9-5-6-10-16)12(14-15)11-7-3-2-4-8-11/h2-10H,1H3. The van der Waals surface area contributed by atoms with Crippen LogP contribution >= 0.6 is 0 Å². The molecule has 0 spiro atoms. The van der Waals surface area contributed by atoms with E-state index in [1.54, 1.807) is 11.7 Å². The molecular weight excluding hydrogens is 228 g/mol. The van der Waals surface area contributed by atoms with E-state index in [4.69, 9.17) is 0 Å². The quantitative estimate of drug-likeness (QED) is 0.679. The number of hydrogen-bond donors (Lipinski definition) is 0. The van der Waals surface area contributed by atoms with Crippen molar-refractivity contribution in [2.24, 2.45) is 7.05 Å². The smallest absolute Gasteiger partial charge is 0.258 e. The van der Waals surface area contributed by atoms with Crippen molar-refractivity contribution < 1.29 is 0 Å². The summed E-state index contributed by atoms with van der Waals surface area (Å²) in [4.78, 5) is 12.1. The van der Waals surface area contributed by atoms with E-state index < -0.39 is 0 Å². The number of benzene rings is 1. The minimum atomic E-state index is -0.176. The number of rotatable bonds is 2. The fourth-order valence-corrected chi connectivity index (χ4v) is 1.89. The maximum absolute atomic E-state index is 12.1. The Balaban J connectivity index is 2.29. The van der Waals surface area contributed by atoms with Gasteiger partial charge < -0.3 is 0 Å². The molecule has 0 bridgehead atoms. The molecule has 0 N–H and O–H groups in total. The Kier molecular flexibility index (Phi) is 2.37. The van der Waals surface area contributed by atoms with Crippen molar-refractivity contribution >= 4 is 0 Å². The largest absolute Gasteiger partial charge is 0.365 e. The van der Waals surface area contributed by atoms with Gasteiger partial charge in [0.1, 0.15) is 0 Å². The summed E-state index contributed by atoms with van der Waals surface area (Å²) in [5.74, 6) is 0.624. The Morgan fingerprint density at radius 3 is 2.33 bits per heavy atom. The maximum atomic E-state index is 12.1. The van der Waals surface area contributed by atoms with Crippen LogP contribution in [0.5, 0.6) is 0 Å². The normalized spacial score (nSPS) is 10.7. The van der Waals surface area contributed by atoms with Gasteiger partial charge in [0.05, 0.1) is 0 Å². The van der Waals surface area contributed by atoms with E-state index in [0.717, 1.165) is 5.56 Å². The molecule has 2 aromatic heterocycles. The van der Waals surface area contributed by atoms with Crippen LogP contribution in [0.4, 0.5) is 0 Å². The van der Waals surface area contributed by atoms with E-state index in [-0.39, 0.29) is 5.69 Å². The molecule has 0 aliphatic carbocycles. The highest BCUT2D eigenvalue weighted by Gasteiger charge is 2.13. The van der Waals surface area contributed by atoms with Crippen molar-refractivity contribution in [3.05, 3.63) is 65.3 Å². The fraction of sp³-hybridized carbons (Fsp3) is 0.0769. The summed E-state index contributed by atoms with van der Waals surface area (Å²) in [5.41, 5.74) is 0.731. The summed E-state index contributed by atoms with van der Waals surface area (Å²) in [7, 11) is 1.65. The molecule has 0 aliphatic heterocycles. The predicted octanol–water partition coefficient (Wildman–Crippen LogP) is 1.36. The molecule has 3 aromatic rings. The lowest BCUT2D eigenvalue weighted by atomic mass is 10.2. The van der Waals surface area contributed by atoms with Gasteiger partial charge in [0, 0.05) is 25.0 Å². The summed E-state index contributed by atoms with van der Waals surface area (Å²) < 4.78 is 4.59. The molecule has 18 heavy (non-hydrogen) atoms. The van der Waals surface area contributed by atoms with Crippen molar-refractivity contribution in [2.45, 2.75) is 0 Å². The number of hydrogen-bond acceptors (Lipinski definition) is 2. The molecule has 0 saturated heterocycles. The Hall–Kier alpha value is -2.56. The first-order valence-corrected chi connectivity index (χ1v) is 5.62. The van der Waals surface area contributed by atoms with Gasteiger partial charge in [-0.2, -0.15) is 4.68 Å². The molecule has 5 nitrogen and oxygen atoms in total. The third-order valence-corrected chi connectivity index (χ3v) is 2.76. The second kappa shape index (κ2) is 4.03. The summed E-state index contributed by atoms with van der Waals surface area (Å²) >= 11 is 0. The molecule has 0 fully saturated rings. The summed E-state index contributed by atoms with van der Waals surface area (Å²) in [6.45, 7) is 0. The molecule has 1 aromatic carbocycles. The Morgan fingerprint density at radius 2 is 1.67 bits per heavy atom. The first-order chi connectivity index (χ1) is 8.77. The van der Waals surface area contributed by atoms with E-state index in [0.29, 0.717) is 5.82 Å². The molecule has 0 saturated carbocycles. The fourth-order valence-electron chi connectivity index (χ4n) is 1.89. The number of nitrogens with zero attached hydrogens (tertiary/aromatic N) is 4. The second-order valence-corrected chi connectivity index (χ2v) is 3.97. The van der Waals surface area contributed by atoms with Crippen molar-refractivity contribution in [3.63, 3.8) is 0 Å². The van der Waals surface area contributed by atoms with E-state index in [1.165, 1.54) is 9.36 Å². The minimum Gasteiger partial charge on any atom is -0.258 e. The molecular formula is C13H12N4O. The maximum Gasteiger partial charge on any atom is 0.365 e. The highest BCUT2D eigenvalue weighted by atomic mass is 16.2. The first-order valence-electron chi connectivity index (χ1n) is 5.62. The van der Waals surface area contributed by atoms with E-state index in [9.17, 15) is 4.79 Å². The molecule has 3 rings (SSSR count). The van der Waals surface area contributed by atoms with Crippen LogP contribution in [-0.2, 0) is 7.05 Å². The highest BCUT2D eigenvalue weighted by Crippen LogP contribution is 2.14. The van der Waals surface area contributed by atoms with Gasteiger partial charge in [-0.1, -0.05) is 30.3 Å². The van der Waals surface area contributed by atoms with Crippen molar-refractivity contribution in [1.82, 2.24) is 19.1 Å². The lowest BCUT2D eigenvalue weighted by Crippen LogP contribution is -2.26. The van der Waals surface area contributed by atoms with Crippen LogP contribution in [0.1, 0.15) is 0 Å². The van der Waals surface area contributed by atoms with E-state index in [2.05, 4.69) is 5.10 Å². The summed E-state index contributed by atoms with van der Waals surface area (Å²) in [6.07, 6.45) is 3.63. The number of aromatic nitrogens is 4. The summed E-state index contributed by atoms with van der Waals surface area (Å²) in [6, 6.07) is 13.4.